The van der Waals surface area contributed by atoms with Gasteiger partial charge in [0.25, 0.3) is 5.91 Å². The van der Waals surface area contributed by atoms with E-state index in [0.717, 1.165) is 0 Å². The van der Waals surface area contributed by atoms with E-state index in [9.17, 15) is 9.90 Å². The summed E-state index contributed by atoms with van der Waals surface area (Å²) >= 11 is 0. The molecule has 0 atom stereocenters. The molecule has 0 saturated carbocycles. The fraction of sp³-hybridized carbons (Fsp3) is 0.600. The molecule has 16 heavy (non-hydrogen) atoms. The molecule has 0 bridgehead atoms. The van der Waals surface area contributed by atoms with E-state index in [0.29, 0.717) is 5.56 Å². The summed E-state index contributed by atoms with van der Waals surface area (Å²) < 4.78 is 9.66. The molecule has 6 heteroatoms. The number of nitrogens with one attached hydrogen (secondary N) is 1. The molecule has 0 saturated heterocycles. The molecule has 0 aliphatic rings. The first kappa shape index (κ1) is 12.5. The Labute approximate surface area is 93.6 Å². The van der Waals surface area contributed by atoms with Gasteiger partial charge < -0.3 is 19.7 Å². The van der Waals surface area contributed by atoms with Gasteiger partial charge in [0, 0.05) is 6.54 Å². The molecule has 1 aromatic rings. The Hall–Kier alpha value is -1.56. The summed E-state index contributed by atoms with van der Waals surface area (Å²) in [6, 6.07) is 0. The lowest BCUT2D eigenvalue weighted by atomic mass is 10.1. The van der Waals surface area contributed by atoms with E-state index in [1.54, 1.807) is 20.8 Å². The summed E-state index contributed by atoms with van der Waals surface area (Å²) in [6.07, 6.45) is 0. The fourth-order valence-electron chi connectivity index (χ4n) is 1.10. The Morgan fingerprint density at radius 2 is 2.25 bits per heavy atom. The molecule has 1 heterocycles. The van der Waals surface area contributed by atoms with Crippen molar-refractivity contribution in [1.29, 1.82) is 0 Å². The molecule has 0 aliphatic heterocycles. The van der Waals surface area contributed by atoms with Gasteiger partial charge in [0.1, 0.15) is 0 Å². The first-order valence-corrected chi connectivity index (χ1v) is 4.86. The van der Waals surface area contributed by atoms with Crippen LogP contribution in [0.2, 0.25) is 0 Å². The van der Waals surface area contributed by atoms with Crippen LogP contribution in [0, 0.1) is 6.92 Å². The molecule has 0 unspecified atom stereocenters. The topological polar surface area (TPSA) is 84.6 Å². The molecule has 1 amide bonds. The Kier molecular flexibility index (Phi) is 3.54. The normalized spacial score (nSPS) is 11.3. The van der Waals surface area contributed by atoms with Crippen LogP contribution in [0.15, 0.2) is 4.52 Å². The first-order valence-electron chi connectivity index (χ1n) is 4.86. The van der Waals surface area contributed by atoms with Gasteiger partial charge in [0.05, 0.1) is 18.3 Å². The molecule has 2 N–H and O–H groups in total. The lowest BCUT2D eigenvalue weighted by Gasteiger charge is -2.16. The van der Waals surface area contributed by atoms with Crippen molar-refractivity contribution in [2.75, 3.05) is 13.7 Å². The number of carbonyl (C=O) groups is 1. The fourth-order valence-corrected chi connectivity index (χ4v) is 1.10. The highest BCUT2D eigenvalue weighted by Gasteiger charge is 2.21. The molecule has 0 radical (unpaired) electrons. The molecule has 0 aliphatic carbocycles. The maximum atomic E-state index is 11.6. The third kappa shape index (κ3) is 2.96. The molecule has 0 spiro atoms. The van der Waals surface area contributed by atoms with E-state index in [-0.39, 0.29) is 18.2 Å². The minimum Gasteiger partial charge on any atom is -0.467 e. The van der Waals surface area contributed by atoms with E-state index in [2.05, 4.69) is 10.5 Å². The quantitative estimate of drug-likeness (QED) is 0.783. The van der Waals surface area contributed by atoms with Crippen molar-refractivity contribution in [2.45, 2.75) is 26.4 Å². The van der Waals surface area contributed by atoms with Crippen LogP contribution >= 0.6 is 0 Å². The van der Waals surface area contributed by atoms with Gasteiger partial charge in [-0.25, -0.2) is 0 Å². The number of aromatic nitrogens is 1. The second kappa shape index (κ2) is 4.52. The van der Waals surface area contributed by atoms with Gasteiger partial charge in [0.2, 0.25) is 0 Å². The number of carbonyl (C=O) groups excluding carboxylic acids is 1. The van der Waals surface area contributed by atoms with Crippen LogP contribution in [0.4, 0.5) is 0 Å². The lowest BCUT2D eigenvalue weighted by Crippen LogP contribution is -2.38. The molecule has 6 nitrogen and oxygen atoms in total. The van der Waals surface area contributed by atoms with Crippen LogP contribution in [0.25, 0.3) is 0 Å². The van der Waals surface area contributed by atoms with Crippen LogP contribution in [0.1, 0.15) is 29.9 Å². The van der Waals surface area contributed by atoms with Gasteiger partial charge in [-0.15, -0.1) is 0 Å². The molecular weight excluding hydrogens is 212 g/mol. The summed E-state index contributed by atoms with van der Waals surface area (Å²) in [5, 5.41) is 15.6. The van der Waals surface area contributed by atoms with Crippen molar-refractivity contribution in [3.05, 3.63) is 11.3 Å². The lowest BCUT2D eigenvalue weighted by molar-refractivity contribution is 0.0689. The molecule has 1 aromatic heterocycles. The van der Waals surface area contributed by atoms with Crippen molar-refractivity contribution >= 4 is 5.91 Å². The van der Waals surface area contributed by atoms with Crippen molar-refractivity contribution in [2.24, 2.45) is 0 Å². The Morgan fingerprint density at radius 1 is 1.62 bits per heavy atom. The largest absolute Gasteiger partial charge is 0.467 e. The van der Waals surface area contributed by atoms with E-state index in [1.165, 1.54) is 7.11 Å². The SMILES string of the molecule is COc1onc(C(=O)NCC(C)(C)O)c1C. The second-order valence-electron chi connectivity index (χ2n) is 4.14. The van der Waals surface area contributed by atoms with Gasteiger partial charge in [-0.3, -0.25) is 4.79 Å². The molecule has 1 rings (SSSR count). The van der Waals surface area contributed by atoms with Gasteiger partial charge >= 0.3 is 5.95 Å². The summed E-state index contributed by atoms with van der Waals surface area (Å²) in [6.45, 7) is 5.02. The van der Waals surface area contributed by atoms with Crippen LogP contribution in [-0.4, -0.2) is 35.4 Å². The number of nitrogens with zero attached hydrogens (tertiary/aromatic N) is 1. The van der Waals surface area contributed by atoms with Crippen molar-refractivity contribution in [3.8, 4) is 5.95 Å². The molecule has 0 aromatic carbocycles. The van der Waals surface area contributed by atoms with Crippen LogP contribution in [0.3, 0.4) is 0 Å². The van der Waals surface area contributed by atoms with Gasteiger partial charge in [-0.05, 0) is 20.8 Å². The number of ether oxygens (including phenoxy) is 1. The maximum Gasteiger partial charge on any atom is 0.314 e. The standard InChI is InChI=1S/C10H16N2O4/c1-6-7(12-16-9(6)15-4)8(13)11-5-10(2,3)14/h14H,5H2,1-4H3,(H,11,13). The number of hydrogen-bond acceptors (Lipinski definition) is 5. The van der Waals surface area contributed by atoms with Gasteiger partial charge in [0.15, 0.2) is 5.69 Å². The van der Waals surface area contributed by atoms with E-state index >= 15 is 0 Å². The molecule has 90 valence electrons. The van der Waals surface area contributed by atoms with Crippen molar-refractivity contribution in [3.63, 3.8) is 0 Å². The Morgan fingerprint density at radius 3 is 2.69 bits per heavy atom. The van der Waals surface area contributed by atoms with Crippen molar-refractivity contribution in [1.82, 2.24) is 10.5 Å². The smallest absolute Gasteiger partial charge is 0.314 e. The molecule has 0 fully saturated rings. The molecular formula is C10H16N2O4. The average molecular weight is 228 g/mol. The zero-order valence-corrected chi connectivity index (χ0v) is 9.83. The summed E-state index contributed by atoms with van der Waals surface area (Å²) in [5.74, 6) is -0.180. The minimum atomic E-state index is -0.961. The monoisotopic (exact) mass is 228 g/mol. The van der Waals surface area contributed by atoms with E-state index in [1.807, 2.05) is 0 Å². The van der Waals surface area contributed by atoms with E-state index < -0.39 is 11.5 Å². The Bertz CT molecular complexity index is 379. The average Bonchev–Trinajstić information content (AvgIpc) is 2.55. The summed E-state index contributed by atoms with van der Waals surface area (Å²) in [4.78, 5) is 11.6. The maximum absolute atomic E-state index is 11.6. The predicted molar refractivity (Wildman–Crippen MR) is 56.4 cm³/mol. The summed E-state index contributed by atoms with van der Waals surface area (Å²) in [7, 11) is 1.44. The number of hydrogen-bond donors (Lipinski definition) is 2. The minimum absolute atomic E-state index is 0.139. The number of rotatable bonds is 4. The first-order chi connectivity index (χ1) is 7.35. The summed E-state index contributed by atoms with van der Waals surface area (Å²) in [5.41, 5.74) is -0.256. The third-order valence-electron chi connectivity index (χ3n) is 1.96. The van der Waals surface area contributed by atoms with Crippen LogP contribution in [0.5, 0.6) is 5.95 Å². The number of amides is 1. The highest BCUT2D eigenvalue weighted by atomic mass is 16.6. The van der Waals surface area contributed by atoms with Crippen LogP contribution < -0.4 is 10.1 Å². The van der Waals surface area contributed by atoms with Crippen LogP contribution in [-0.2, 0) is 0 Å². The zero-order valence-electron chi connectivity index (χ0n) is 9.83. The predicted octanol–water partition coefficient (Wildman–Crippen LogP) is 0.492. The number of aliphatic hydroxyl groups is 1. The zero-order chi connectivity index (χ0) is 12.3. The Balaban J connectivity index is 2.70. The highest BCUT2D eigenvalue weighted by Crippen LogP contribution is 2.20. The number of methoxy groups -OCH3 is 1. The van der Waals surface area contributed by atoms with Gasteiger partial charge in [-0.2, -0.15) is 0 Å². The van der Waals surface area contributed by atoms with Gasteiger partial charge in [-0.1, -0.05) is 5.16 Å². The third-order valence-corrected chi connectivity index (χ3v) is 1.96. The second-order valence-corrected chi connectivity index (χ2v) is 4.14. The van der Waals surface area contributed by atoms with Crippen molar-refractivity contribution < 1.29 is 19.2 Å². The van der Waals surface area contributed by atoms with E-state index in [4.69, 9.17) is 9.26 Å². The highest BCUT2D eigenvalue weighted by molar-refractivity contribution is 5.93.